The number of hydrogen-bond acceptors (Lipinski definition) is 3. The molecule has 2 nitrogen and oxygen atoms in total. The maximum absolute atomic E-state index is 3.74. The van der Waals surface area contributed by atoms with Gasteiger partial charge in [-0.1, -0.05) is 32.3 Å². The molecule has 120 valence electrons. The van der Waals surface area contributed by atoms with Crippen LogP contribution in [-0.4, -0.2) is 37.1 Å². The van der Waals surface area contributed by atoms with Crippen LogP contribution in [-0.2, 0) is 6.42 Å². The van der Waals surface area contributed by atoms with E-state index in [2.05, 4.69) is 48.6 Å². The van der Waals surface area contributed by atoms with Gasteiger partial charge in [0.1, 0.15) is 0 Å². The summed E-state index contributed by atoms with van der Waals surface area (Å²) in [6.07, 6.45) is 8.20. The van der Waals surface area contributed by atoms with E-state index in [0.29, 0.717) is 6.04 Å². The van der Waals surface area contributed by atoms with Crippen LogP contribution in [0.1, 0.15) is 50.8 Å². The van der Waals surface area contributed by atoms with Crippen LogP contribution in [0.3, 0.4) is 0 Å². The Morgan fingerprint density at radius 3 is 2.86 bits per heavy atom. The molecule has 1 aromatic rings. The lowest BCUT2D eigenvalue weighted by molar-refractivity contribution is 0.185. The Balaban J connectivity index is 1.87. The van der Waals surface area contributed by atoms with Gasteiger partial charge in [0.05, 0.1) is 0 Å². The molecule has 3 heteroatoms. The van der Waals surface area contributed by atoms with Gasteiger partial charge in [-0.05, 0) is 57.1 Å². The Labute approximate surface area is 134 Å². The minimum absolute atomic E-state index is 0.633. The highest BCUT2D eigenvalue weighted by molar-refractivity contribution is 7.09. The second-order valence-corrected chi connectivity index (χ2v) is 7.67. The third-order valence-corrected chi connectivity index (χ3v) is 5.88. The summed E-state index contributed by atoms with van der Waals surface area (Å²) in [5.74, 6) is 0.822. The summed E-state index contributed by atoms with van der Waals surface area (Å²) in [5.41, 5.74) is 0. The minimum atomic E-state index is 0.633. The molecule has 1 aliphatic carbocycles. The van der Waals surface area contributed by atoms with Crippen LogP contribution in [0, 0.1) is 5.92 Å². The molecule has 1 aliphatic rings. The molecule has 1 fully saturated rings. The molecule has 3 atom stereocenters. The third-order valence-electron chi connectivity index (χ3n) is 4.98. The molecule has 21 heavy (non-hydrogen) atoms. The molecule has 3 unspecified atom stereocenters. The summed E-state index contributed by atoms with van der Waals surface area (Å²) in [7, 11) is 2.31. The summed E-state index contributed by atoms with van der Waals surface area (Å²) in [6.45, 7) is 6.96. The lowest BCUT2D eigenvalue weighted by atomic mass is 9.93. The molecule has 1 N–H and O–H groups in total. The topological polar surface area (TPSA) is 15.3 Å². The van der Waals surface area contributed by atoms with E-state index in [1.165, 1.54) is 49.9 Å². The zero-order valence-corrected chi connectivity index (χ0v) is 14.8. The van der Waals surface area contributed by atoms with Gasteiger partial charge in [0.15, 0.2) is 0 Å². The highest BCUT2D eigenvalue weighted by Gasteiger charge is 2.25. The highest BCUT2D eigenvalue weighted by atomic mass is 32.1. The van der Waals surface area contributed by atoms with E-state index in [1.807, 2.05) is 11.3 Å². The van der Waals surface area contributed by atoms with Gasteiger partial charge >= 0.3 is 0 Å². The van der Waals surface area contributed by atoms with Gasteiger partial charge in [0.25, 0.3) is 0 Å². The summed E-state index contributed by atoms with van der Waals surface area (Å²) < 4.78 is 0. The molecule has 0 bridgehead atoms. The van der Waals surface area contributed by atoms with Gasteiger partial charge in [-0.25, -0.2) is 0 Å². The normalized spacial score (nSPS) is 25.0. The summed E-state index contributed by atoms with van der Waals surface area (Å²) in [5, 5.41) is 5.93. The molecule has 0 amide bonds. The second-order valence-electron chi connectivity index (χ2n) is 6.63. The van der Waals surface area contributed by atoms with Crippen molar-refractivity contribution in [2.45, 2.75) is 64.5 Å². The standard InChI is InChI=1S/C18H32N2S/c1-4-19-18-11-7-5-6-9-16(18)14-20(3)15(2)13-17-10-8-12-21-17/h8,10,12,15-16,18-19H,4-7,9,11,13-14H2,1-3H3. The van der Waals surface area contributed by atoms with E-state index in [9.17, 15) is 0 Å². The monoisotopic (exact) mass is 308 g/mol. The van der Waals surface area contributed by atoms with Gasteiger partial charge in [0, 0.05) is 23.5 Å². The quantitative estimate of drug-likeness (QED) is 0.761. The van der Waals surface area contributed by atoms with Crippen LogP contribution in [0.2, 0.25) is 0 Å². The summed E-state index contributed by atoms with van der Waals surface area (Å²) in [4.78, 5) is 4.10. The first-order valence-corrected chi connectivity index (χ1v) is 9.54. The fraction of sp³-hybridized carbons (Fsp3) is 0.778. The number of rotatable bonds is 7. The van der Waals surface area contributed by atoms with E-state index in [-0.39, 0.29) is 0 Å². The predicted octanol–water partition coefficient (Wildman–Crippen LogP) is 4.17. The van der Waals surface area contributed by atoms with Crippen molar-refractivity contribution in [2.75, 3.05) is 20.1 Å². The largest absolute Gasteiger partial charge is 0.314 e. The third kappa shape index (κ3) is 5.39. The molecule has 0 aliphatic heterocycles. The number of likely N-dealkylation sites (N-methyl/N-ethyl adjacent to an activating group) is 1. The Kier molecular flexibility index (Phi) is 7.21. The number of thiophene rings is 1. The maximum atomic E-state index is 3.74. The molecular formula is C18H32N2S. The van der Waals surface area contributed by atoms with Gasteiger partial charge in [-0.3, -0.25) is 0 Å². The van der Waals surface area contributed by atoms with Crippen molar-refractivity contribution in [3.63, 3.8) is 0 Å². The second kappa shape index (κ2) is 8.92. The Morgan fingerprint density at radius 2 is 2.14 bits per heavy atom. The first kappa shape index (κ1) is 17.0. The van der Waals surface area contributed by atoms with Gasteiger partial charge in [-0.2, -0.15) is 0 Å². The van der Waals surface area contributed by atoms with Crippen molar-refractivity contribution in [1.29, 1.82) is 0 Å². The van der Waals surface area contributed by atoms with Crippen LogP contribution < -0.4 is 5.32 Å². The number of nitrogens with zero attached hydrogens (tertiary/aromatic N) is 1. The van der Waals surface area contributed by atoms with Crippen molar-refractivity contribution in [3.8, 4) is 0 Å². The molecule has 1 aromatic heterocycles. The highest BCUT2D eigenvalue weighted by Crippen LogP contribution is 2.25. The maximum Gasteiger partial charge on any atom is 0.0112 e. The smallest absolute Gasteiger partial charge is 0.0112 e. The van der Waals surface area contributed by atoms with Gasteiger partial charge in [-0.15, -0.1) is 11.3 Å². The van der Waals surface area contributed by atoms with Crippen LogP contribution in [0.15, 0.2) is 17.5 Å². The molecule has 0 aromatic carbocycles. The molecule has 0 radical (unpaired) electrons. The van der Waals surface area contributed by atoms with Crippen molar-refractivity contribution >= 4 is 11.3 Å². The number of nitrogens with one attached hydrogen (secondary N) is 1. The Hall–Kier alpha value is -0.380. The average molecular weight is 309 g/mol. The predicted molar refractivity (Wildman–Crippen MR) is 94.2 cm³/mol. The van der Waals surface area contributed by atoms with Crippen molar-refractivity contribution in [2.24, 2.45) is 5.92 Å². The molecule has 0 spiro atoms. The molecule has 1 heterocycles. The zero-order chi connectivity index (χ0) is 15.1. The van der Waals surface area contributed by atoms with Crippen molar-refractivity contribution in [1.82, 2.24) is 10.2 Å². The fourth-order valence-corrected chi connectivity index (χ4v) is 4.39. The Bertz CT molecular complexity index is 377. The summed E-state index contributed by atoms with van der Waals surface area (Å²) >= 11 is 1.89. The Morgan fingerprint density at radius 1 is 1.33 bits per heavy atom. The molecular weight excluding hydrogens is 276 g/mol. The minimum Gasteiger partial charge on any atom is -0.314 e. The first-order chi connectivity index (χ1) is 10.2. The fourth-order valence-electron chi connectivity index (χ4n) is 3.56. The lowest BCUT2D eigenvalue weighted by Gasteiger charge is -2.33. The molecule has 2 rings (SSSR count). The summed E-state index contributed by atoms with van der Waals surface area (Å²) in [6, 6.07) is 5.80. The number of hydrogen-bond donors (Lipinski definition) is 1. The van der Waals surface area contributed by atoms with Crippen LogP contribution in [0.25, 0.3) is 0 Å². The zero-order valence-electron chi connectivity index (χ0n) is 14.0. The van der Waals surface area contributed by atoms with Crippen LogP contribution in [0.5, 0.6) is 0 Å². The van der Waals surface area contributed by atoms with E-state index in [4.69, 9.17) is 0 Å². The van der Waals surface area contributed by atoms with Gasteiger partial charge < -0.3 is 10.2 Å². The van der Waals surface area contributed by atoms with E-state index in [0.717, 1.165) is 18.5 Å². The molecule has 0 saturated heterocycles. The van der Waals surface area contributed by atoms with E-state index in [1.54, 1.807) is 0 Å². The molecule has 1 saturated carbocycles. The van der Waals surface area contributed by atoms with Crippen LogP contribution >= 0.6 is 11.3 Å². The van der Waals surface area contributed by atoms with Crippen LogP contribution in [0.4, 0.5) is 0 Å². The average Bonchev–Trinajstić information content (AvgIpc) is 2.88. The first-order valence-electron chi connectivity index (χ1n) is 8.66. The SMILES string of the molecule is CCNC1CCCCCC1CN(C)C(C)Cc1cccs1. The van der Waals surface area contributed by atoms with E-state index < -0.39 is 0 Å². The van der Waals surface area contributed by atoms with E-state index >= 15 is 0 Å². The van der Waals surface area contributed by atoms with Crippen molar-refractivity contribution in [3.05, 3.63) is 22.4 Å². The lowest BCUT2D eigenvalue weighted by Crippen LogP contribution is -2.43. The van der Waals surface area contributed by atoms with Gasteiger partial charge in [0.2, 0.25) is 0 Å². The van der Waals surface area contributed by atoms with Crippen molar-refractivity contribution < 1.29 is 0 Å².